The number of methoxy groups -OCH3 is 1. The summed E-state index contributed by atoms with van der Waals surface area (Å²) < 4.78 is 63.6. The Kier molecular flexibility index (Phi) is 11.9. The van der Waals surface area contributed by atoms with Crippen molar-refractivity contribution in [2.75, 3.05) is 13.7 Å². The molecule has 1 unspecified atom stereocenters. The van der Waals surface area contributed by atoms with Gasteiger partial charge >= 0.3 is 0 Å². The Morgan fingerprint density at radius 1 is 0.760 bits per heavy atom. The molecule has 1 saturated carbocycles. The second kappa shape index (κ2) is 16.5. The Balaban J connectivity index is 1.31. The Bertz CT molecular complexity index is 1730. The third-order valence-corrected chi connectivity index (χ3v) is 10.6. The standard InChI is InChI=1S/C40H46O9S/c1-29-18-24-35(25-19-29)50(42,43)46-28-36-37(45-27-31-14-8-4-9-15-31)40(41,26-30-12-6-3-7-13-30)38(39(44-2)49-36)48-34-22-20-33(21-23-34)47-32-16-10-5-11-17-32/h3-4,6-9,12-15,18-25,32,36-39,41H,5,10-11,16-17,26-28H2,1-2H3/t36-,37-,38+,39?,40+/m1/s1. The Labute approximate surface area is 295 Å². The SMILES string of the molecule is COC1O[C@H](COS(=O)(=O)c2ccc(C)cc2)[C@@H](OCc2ccccc2)[C@@](O)(Cc2ccccc2)[C@H]1Oc1ccc(OC2CCCCC2)cc1. The lowest BCUT2D eigenvalue weighted by Gasteiger charge is -2.51. The Morgan fingerprint density at radius 3 is 1.98 bits per heavy atom. The van der Waals surface area contributed by atoms with Crippen molar-refractivity contribution >= 4 is 10.1 Å². The van der Waals surface area contributed by atoms with E-state index in [0.29, 0.717) is 5.75 Å². The second-order valence-corrected chi connectivity index (χ2v) is 14.7. The maximum Gasteiger partial charge on any atom is 0.297 e. The summed E-state index contributed by atoms with van der Waals surface area (Å²) in [5.74, 6) is 1.23. The Morgan fingerprint density at radius 2 is 1.36 bits per heavy atom. The van der Waals surface area contributed by atoms with Gasteiger partial charge in [0.25, 0.3) is 10.1 Å². The second-order valence-electron chi connectivity index (χ2n) is 13.1. The normalized spacial score (nSPS) is 24.5. The third-order valence-electron chi connectivity index (χ3n) is 9.35. The summed E-state index contributed by atoms with van der Waals surface area (Å²) in [6.45, 7) is 1.55. The van der Waals surface area contributed by atoms with Crippen LogP contribution in [0.4, 0.5) is 0 Å². The van der Waals surface area contributed by atoms with Gasteiger partial charge in [-0.1, -0.05) is 84.8 Å². The first-order valence-corrected chi connectivity index (χ1v) is 18.6. The van der Waals surface area contributed by atoms with Gasteiger partial charge in [-0.15, -0.1) is 0 Å². The van der Waals surface area contributed by atoms with Crippen molar-refractivity contribution in [3.63, 3.8) is 0 Å². The van der Waals surface area contributed by atoms with E-state index < -0.39 is 46.9 Å². The van der Waals surface area contributed by atoms with Crippen LogP contribution in [-0.4, -0.2) is 63.5 Å². The highest BCUT2D eigenvalue weighted by Crippen LogP contribution is 2.39. The number of benzene rings is 4. The lowest BCUT2D eigenvalue weighted by molar-refractivity contribution is -0.328. The summed E-state index contributed by atoms with van der Waals surface area (Å²) in [6.07, 6.45) is 1.57. The van der Waals surface area contributed by atoms with Crippen molar-refractivity contribution in [2.45, 2.75) is 93.3 Å². The number of hydrogen-bond acceptors (Lipinski definition) is 9. The predicted molar refractivity (Wildman–Crippen MR) is 188 cm³/mol. The van der Waals surface area contributed by atoms with Gasteiger partial charge in [0.05, 0.1) is 24.2 Å². The number of aryl methyl sites for hydroxylation is 1. The quantitative estimate of drug-likeness (QED) is 0.142. The molecule has 1 aliphatic heterocycles. The zero-order valence-electron chi connectivity index (χ0n) is 28.6. The van der Waals surface area contributed by atoms with E-state index in [1.807, 2.05) is 79.7 Å². The summed E-state index contributed by atoms with van der Waals surface area (Å²) in [4.78, 5) is 0.0145. The van der Waals surface area contributed by atoms with Gasteiger partial charge in [0.1, 0.15) is 29.3 Å². The van der Waals surface area contributed by atoms with Gasteiger partial charge in [-0.05, 0) is 80.1 Å². The van der Waals surface area contributed by atoms with Gasteiger partial charge in [-0.2, -0.15) is 8.42 Å². The lowest BCUT2D eigenvalue weighted by atomic mass is 9.79. The summed E-state index contributed by atoms with van der Waals surface area (Å²) >= 11 is 0. The van der Waals surface area contributed by atoms with Crippen LogP contribution >= 0.6 is 0 Å². The summed E-state index contributed by atoms with van der Waals surface area (Å²) in [6, 6.07) is 32.8. The van der Waals surface area contributed by atoms with Crippen LogP contribution in [0.25, 0.3) is 0 Å². The molecule has 1 N–H and O–H groups in total. The van der Waals surface area contributed by atoms with E-state index in [1.54, 1.807) is 24.3 Å². The molecule has 0 spiro atoms. The molecule has 266 valence electrons. The van der Waals surface area contributed by atoms with E-state index in [1.165, 1.54) is 38.5 Å². The Hall–Kier alpha value is -3.77. The average molecular weight is 703 g/mol. The van der Waals surface area contributed by atoms with Crippen LogP contribution in [0.2, 0.25) is 0 Å². The van der Waals surface area contributed by atoms with Crippen molar-refractivity contribution in [3.05, 3.63) is 126 Å². The van der Waals surface area contributed by atoms with Crippen LogP contribution in [0.1, 0.15) is 48.8 Å². The summed E-state index contributed by atoms with van der Waals surface area (Å²) in [5, 5.41) is 13.0. The van der Waals surface area contributed by atoms with E-state index in [0.717, 1.165) is 35.3 Å². The molecule has 0 amide bonds. The van der Waals surface area contributed by atoms with E-state index in [-0.39, 0.29) is 24.0 Å². The first-order valence-electron chi connectivity index (χ1n) is 17.2. The molecule has 0 radical (unpaired) electrons. The highest BCUT2D eigenvalue weighted by atomic mass is 32.2. The van der Waals surface area contributed by atoms with E-state index in [4.69, 9.17) is 27.9 Å². The number of hydrogen-bond donors (Lipinski definition) is 1. The minimum Gasteiger partial charge on any atom is -0.490 e. The zero-order valence-corrected chi connectivity index (χ0v) is 29.4. The van der Waals surface area contributed by atoms with Crippen LogP contribution in [0.15, 0.2) is 114 Å². The van der Waals surface area contributed by atoms with Crippen LogP contribution < -0.4 is 9.47 Å². The van der Waals surface area contributed by atoms with Gasteiger partial charge in [-0.3, -0.25) is 4.18 Å². The largest absolute Gasteiger partial charge is 0.490 e. The molecular formula is C40H46O9S. The molecule has 9 nitrogen and oxygen atoms in total. The van der Waals surface area contributed by atoms with E-state index in [2.05, 4.69) is 0 Å². The monoisotopic (exact) mass is 702 g/mol. The summed E-state index contributed by atoms with van der Waals surface area (Å²) in [5.41, 5.74) is 0.812. The van der Waals surface area contributed by atoms with Gasteiger partial charge < -0.3 is 28.8 Å². The topological polar surface area (TPSA) is 110 Å². The fraction of sp³-hybridized carbons (Fsp3) is 0.400. The lowest BCUT2D eigenvalue weighted by Crippen LogP contribution is -2.70. The molecule has 50 heavy (non-hydrogen) atoms. The van der Waals surface area contributed by atoms with Gasteiger partial charge in [0.15, 0.2) is 12.4 Å². The maximum atomic E-state index is 13.3. The molecule has 4 aromatic carbocycles. The van der Waals surface area contributed by atoms with Gasteiger partial charge in [0.2, 0.25) is 0 Å². The van der Waals surface area contributed by atoms with Crippen molar-refractivity contribution in [3.8, 4) is 11.5 Å². The molecule has 0 aromatic heterocycles. The zero-order chi connectivity index (χ0) is 35.0. The maximum absolute atomic E-state index is 13.3. The van der Waals surface area contributed by atoms with Gasteiger partial charge in [-0.25, -0.2) is 0 Å². The fourth-order valence-electron chi connectivity index (χ4n) is 6.68. The highest BCUT2D eigenvalue weighted by molar-refractivity contribution is 7.86. The minimum absolute atomic E-state index is 0.0145. The molecule has 2 aliphatic rings. The minimum atomic E-state index is -4.17. The molecule has 1 heterocycles. The van der Waals surface area contributed by atoms with Crippen molar-refractivity contribution in [2.24, 2.45) is 0 Å². The summed E-state index contributed by atoms with van der Waals surface area (Å²) in [7, 11) is -2.71. The van der Waals surface area contributed by atoms with Gasteiger partial charge in [0, 0.05) is 13.5 Å². The highest BCUT2D eigenvalue weighted by Gasteiger charge is 2.59. The molecular weight excluding hydrogens is 656 g/mol. The third kappa shape index (κ3) is 8.93. The van der Waals surface area contributed by atoms with Crippen LogP contribution in [0.5, 0.6) is 11.5 Å². The van der Waals surface area contributed by atoms with Crippen molar-refractivity contribution in [1.29, 1.82) is 0 Å². The molecule has 4 aromatic rings. The number of aliphatic hydroxyl groups is 1. The smallest absolute Gasteiger partial charge is 0.297 e. The number of rotatable bonds is 14. The number of ether oxygens (including phenoxy) is 5. The van der Waals surface area contributed by atoms with Crippen molar-refractivity contribution in [1.82, 2.24) is 0 Å². The molecule has 6 rings (SSSR count). The fourth-order valence-corrected chi connectivity index (χ4v) is 7.60. The van der Waals surface area contributed by atoms with Crippen molar-refractivity contribution < 1.29 is 41.4 Å². The van der Waals surface area contributed by atoms with Crippen LogP contribution in [-0.2, 0) is 41.5 Å². The molecule has 1 saturated heterocycles. The average Bonchev–Trinajstić information content (AvgIpc) is 3.13. The first-order chi connectivity index (χ1) is 24.2. The first kappa shape index (κ1) is 36.0. The molecule has 0 bridgehead atoms. The molecule has 10 heteroatoms. The van der Waals surface area contributed by atoms with E-state index >= 15 is 0 Å². The molecule has 2 fully saturated rings. The van der Waals surface area contributed by atoms with E-state index in [9.17, 15) is 13.5 Å². The van der Waals surface area contributed by atoms with Crippen LogP contribution in [0.3, 0.4) is 0 Å². The van der Waals surface area contributed by atoms with Crippen LogP contribution in [0, 0.1) is 6.92 Å². The predicted octanol–water partition coefficient (Wildman–Crippen LogP) is 6.79. The molecule has 1 aliphatic carbocycles. The molecule has 5 atom stereocenters.